The number of aryl methyl sites for hydroxylation is 2. The summed E-state index contributed by atoms with van der Waals surface area (Å²) in [6.45, 7) is 4.99. The van der Waals surface area contributed by atoms with Gasteiger partial charge in [0.25, 0.3) is 0 Å². The summed E-state index contributed by atoms with van der Waals surface area (Å²) < 4.78 is 32.8. The van der Waals surface area contributed by atoms with Crippen LogP contribution in [0.2, 0.25) is 0 Å². The lowest BCUT2D eigenvalue weighted by Crippen LogP contribution is -2.51. The van der Waals surface area contributed by atoms with Gasteiger partial charge in [0.1, 0.15) is 10.6 Å². The highest BCUT2D eigenvalue weighted by Crippen LogP contribution is 2.29. The Hall–Kier alpha value is -1.94. The molecule has 1 atom stereocenters. The largest absolute Gasteiger partial charge is 0.360 e. The lowest BCUT2D eigenvalue weighted by molar-refractivity contribution is -0.138. The molecular formula is C23H36N4O5S. The van der Waals surface area contributed by atoms with Gasteiger partial charge in [0.15, 0.2) is 5.76 Å². The van der Waals surface area contributed by atoms with Crippen LogP contribution in [0.15, 0.2) is 9.42 Å². The average molecular weight is 481 g/mol. The number of carbonyl (C=O) groups is 2. The molecule has 0 spiro atoms. The summed E-state index contributed by atoms with van der Waals surface area (Å²) in [7, 11) is -3.75. The van der Waals surface area contributed by atoms with Crippen molar-refractivity contribution in [3.05, 3.63) is 11.5 Å². The van der Waals surface area contributed by atoms with Crippen LogP contribution in [0.25, 0.3) is 0 Å². The van der Waals surface area contributed by atoms with Crippen LogP contribution >= 0.6 is 0 Å². The van der Waals surface area contributed by atoms with Crippen LogP contribution in [-0.4, -0.2) is 66.8 Å². The van der Waals surface area contributed by atoms with Crippen LogP contribution in [-0.2, 0) is 19.6 Å². The van der Waals surface area contributed by atoms with Gasteiger partial charge in [-0.05, 0) is 52.4 Å². The van der Waals surface area contributed by atoms with Crippen LogP contribution < -0.4 is 5.32 Å². The number of nitrogens with zero attached hydrogens (tertiary/aromatic N) is 3. The molecule has 33 heavy (non-hydrogen) atoms. The maximum Gasteiger partial charge on any atom is 0.248 e. The van der Waals surface area contributed by atoms with E-state index in [-0.39, 0.29) is 46.9 Å². The van der Waals surface area contributed by atoms with Crippen molar-refractivity contribution in [3.8, 4) is 0 Å². The fourth-order valence-corrected chi connectivity index (χ4v) is 7.34. The van der Waals surface area contributed by atoms with Crippen molar-refractivity contribution in [2.75, 3.05) is 26.2 Å². The van der Waals surface area contributed by atoms with Crippen molar-refractivity contribution in [1.82, 2.24) is 19.7 Å². The molecule has 1 saturated carbocycles. The molecule has 3 fully saturated rings. The van der Waals surface area contributed by atoms with Gasteiger partial charge in [-0.3, -0.25) is 9.59 Å². The molecule has 3 aliphatic rings. The summed E-state index contributed by atoms with van der Waals surface area (Å²) in [5.74, 6) is 0.268. The Bertz CT molecular complexity index is 942. The predicted molar refractivity (Wildman–Crippen MR) is 122 cm³/mol. The number of carbonyl (C=O) groups excluding carboxylic acids is 2. The summed E-state index contributed by atoms with van der Waals surface area (Å²) in [6, 6.07) is 0.117. The molecule has 1 unspecified atom stereocenters. The summed E-state index contributed by atoms with van der Waals surface area (Å²) >= 11 is 0. The lowest BCUT2D eigenvalue weighted by Gasteiger charge is -2.38. The predicted octanol–water partition coefficient (Wildman–Crippen LogP) is 2.38. The lowest BCUT2D eigenvalue weighted by atomic mass is 9.88. The molecular weight excluding hydrogens is 444 g/mol. The van der Waals surface area contributed by atoms with Gasteiger partial charge in [-0.1, -0.05) is 24.4 Å². The van der Waals surface area contributed by atoms with Gasteiger partial charge in [0, 0.05) is 38.1 Å². The Morgan fingerprint density at radius 3 is 2.24 bits per heavy atom. The average Bonchev–Trinajstić information content (AvgIpc) is 3.18. The summed E-state index contributed by atoms with van der Waals surface area (Å²) in [4.78, 5) is 27.7. The molecule has 1 aliphatic carbocycles. The fourth-order valence-electron chi connectivity index (χ4n) is 5.52. The summed E-state index contributed by atoms with van der Waals surface area (Å²) in [5, 5.41) is 6.98. The van der Waals surface area contributed by atoms with E-state index in [1.807, 2.05) is 4.90 Å². The normalized spacial score (nSPS) is 24.1. The quantitative estimate of drug-likeness (QED) is 0.692. The Labute approximate surface area is 196 Å². The zero-order valence-electron chi connectivity index (χ0n) is 19.7. The number of sulfonamides is 1. The number of rotatable bonds is 5. The molecule has 2 saturated heterocycles. The van der Waals surface area contributed by atoms with Gasteiger partial charge in [0.05, 0.1) is 5.92 Å². The molecule has 0 aromatic carbocycles. The second-order valence-corrected chi connectivity index (χ2v) is 11.7. The molecule has 0 radical (unpaired) electrons. The minimum absolute atomic E-state index is 0.0192. The number of hydrogen-bond donors (Lipinski definition) is 1. The van der Waals surface area contributed by atoms with Gasteiger partial charge in [0.2, 0.25) is 21.8 Å². The molecule has 0 bridgehead atoms. The van der Waals surface area contributed by atoms with Crippen molar-refractivity contribution in [3.63, 3.8) is 0 Å². The number of piperidine rings is 2. The monoisotopic (exact) mass is 480 g/mol. The van der Waals surface area contributed by atoms with Crippen molar-refractivity contribution in [2.45, 2.75) is 82.6 Å². The molecule has 10 heteroatoms. The van der Waals surface area contributed by atoms with Crippen LogP contribution in [0, 0.1) is 25.7 Å². The van der Waals surface area contributed by atoms with Crippen molar-refractivity contribution in [1.29, 1.82) is 0 Å². The van der Waals surface area contributed by atoms with Crippen LogP contribution in [0.3, 0.4) is 0 Å². The Kier molecular flexibility index (Phi) is 7.43. The summed E-state index contributed by atoms with van der Waals surface area (Å²) in [6.07, 6.45) is 8.29. The Balaban J connectivity index is 1.31. The van der Waals surface area contributed by atoms with E-state index in [2.05, 4.69) is 10.5 Å². The number of amides is 2. The van der Waals surface area contributed by atoms with E-state index in [0.29, 0.717) is 38.2 Å². The third-order valence-electron chi connectivity index (χ3n) is 7.43. The third kappa shape index (κ3) is 5.26. The highest BCUT2D eigenvalue weighted by atomic mass is 32.2. The SMILES string of the molecule is Cc1noc(C)c1S(=O)(=O)N1CCCC(C(=O)N2CCC(NC(=O)C3CCCCC3)CC2)C1. The van der Waals surface area contributed by atoms with E-state index in [1.165, 1.54) is 10.7 Å². The van der Waals surface area contributed by atoms with Gasteiger partial charge in [-0.25, -0.2) is 8.42 Å². The molecule has 1 aromatic heterocycles. The number of nitrogens with one attached hydrogen (secondary N) is 1. The number of likely N-dealkylation sites (tertiary alicyclic amines) is 1. The molecule has 9 nitrogen and oxygen atoms in total. The first-order valence-corrected chi connectivity index (χ1v) is 13.7. The molecule has 1 N–H and O–H groups in total. The minimum atomic E-state index is -3.75. The highest BCUT2D eigenvalue weighted by Gasteiger charge is 2.38. The molecule has 2 amide bonds. The van der Waals surface area contributed by atoms with Crippen LogP contribution in [0.5, 0.6) is 0 Å². The van der Waals surface area contributed by atoms with E-state index >= 15 is 0 Å². The minimum Gasteiger partial charge on any atom is -0.360 e. The summed E-state index contributed by atoms with van der Waals surface area (Å²) in [5.41, 5.74) is 0.346. The standard InChI is InChI=1S/C23H36N4O5S/c1-16-21(17(2)32-25-16)33(30,31)27-12-6-9-19(15-27)23(29)26-13-10-20(11-14-26)24-22(28)18-7-4-3-5-8-18/h18-20H,3-15H2,1-2H3,(H,24,28). The van der Waals surface area contributed by atoms with Crippen LogP contribution in [0.4, 0.5) is 0 Å². The first-order chi connectivity index (χ1) is 15.8. The van der Waals surface area contributed by atoms with Gasteiger partial charge in [-0.15, -0.1) is 0 Å². The maximum absolute atomic E-state index is 13.2. The smallest absolute Gasteiger partial charge is 0.248 e. The second kappa shape index (κ2) is 10.1. The maximum atomic E-state index is 13.2. The van der Waals surface area contributed by atoms with Gasteiger partial charge >= 0.3 is 0 Å². The van der Waals surface area contributed by atoms with Crippen molar-refractivity contribution in [2.24, 2.45) is 11.8 Å². The van der Waals surface area contributed by atoms with Gasteiger partial charge < -0.3 is 14.7 Å². The van der Waals surface area contributed by atoms with Crippen molar-refractivity contribution < 1.29 is 22.5 Å². The first kappa shape index (κ1) is 24.2. The molecule has 2 aliphatic heterocycles. The first-order valence-electron chi connectivity index (χ1n) is 12.3. The van der Waals surface area contributed by atoms with E-state index in [0.717, 1.165) is 38.5 Å². The van der Waals surface area contributed by atoms with Gasteiger partial charge in [-0.2, -0.15) is 4.31 Å². The molecule has 184 valence electrons. The Morgan fingerprint density at radius 1 is 0.939 bits per heavy atom. The molecule has 4 rings (SSSR count). The fraction of sp³-hybridized carbons (Fsp3) is 0.783. The van der Waals surface area contributed by atoms with Crippen LogP contribution in [0.1, 0.15) is 69.2 Å². The van der Waals surface area contributed by atoms with Crippen molar-refractivity contribution >= 4 is 21.8 Å². The zero-order valence-corrected chi connectivity index (χ0v) is 20.5. The highest BCUT2D eigenvalue weighted by molar-refractivity contribution is 7.89. The topological polar surface area (TPSA) is 113 Å². The van der Waals surface area contributed by atoms with E-state index in [1.54, 1.807) is 13.8 Å². The van der Waals surface area contributed by atoms with E-state index in [4.69, 9.17) is 4.52 Å². The molecule has 3 heterocycles. The third-order valence-corrected chi connectivity index (χ3v) is 9.54. The molecule has 1 aromatic rings. The zero-order chi connectivity index (χ0) is 23.6. The Morgan fingerprint density at radius 2 is 1.61 bits per heavy atom. The van der Waals surface area contributed by atoms with E-state index < -0.39 is 10.0 Å². The number of aromatic nitrogens is 1. The van der Waals surface area contributed by atoms with E-state index in [9.17, 15) is 18.0 Å². The number of hydrogen-bond acceptors (Lipinski definition) is 6. The second-order valence-electron chi connectivity index (χ2n) is 9.80.